The second-order valence-corrected chi connectivity index (χ2v) is 3.06. The van der Waals surface area contributed by atoms with Gasteiger partial charge >= 0.3 is 0 Å². The van der Waals surface area contributed by atoms with E-state index >= 15 is 0 Å². The Balaban J connectivity index is 2.09. The first-order valence-electron chi connectivity index (χ1n) is 3.64. The highest BCUT2D eigenvalue weighted by Gasteiger charge is 2.45. The second-order valence-electron chi connectivity index (χ2n) is 3.06. The summed E-state index contributed by atoms with van der Waals surface area (Å²) in [4.78, 5) is 10.9. The Kier molecular flexibility index (Phi) is 1.20. The molecule has 0 aromatic carbocycles. The molecule has 1 heterocycles. The van der Waals surface area contributed by atoms with Gasteiger partial charge in [0.15, 0.2) is 0 Å². The first-order valence-corrected chi connectivity index (χ1v) is 3.64. The normalized spacial score (nSPS) is 44.1. The third-order valence-corrected chi connectivity index (χ3v) is 2.51. The van der Waals surface area contributed by atoms with Gasteiger partial charge in [0.05, 0.1) is 12.1 Å². The van der Waals surface area contributed by atoms with Crippen molar-refractivity contribution in [3.8, 4) is 0 Å². The van der Waals surface area contributed by atoms with Crippen LogP contribution in [-0.4, -0.2) is 25.2 Å². The van der Waals surface area contributed by atoms with Gasteiger partial charge in [0.1, 0.15) is 0 Å². The van der Waals surface area contributed by atoms with Crippen LogP contribution in [0.2, 0.25) is 0 Å². The molecule has 1 amide bonds. The molecule has 0 aromatic heterocycles. The third-order valence-electron chi connectivity index (χ3n) is 2.51. The van der Waals surface area contributed by atoms with E-state index in [0.29, 0.717) is 6.04 Å². The van der Waals surface area contributed by atoms with Crippen LogP contribution < -0.4 is 5.32 Å². The van der Waals surface area contributed by atoms with Gasteiger partial charge in [0, 0.05) is 13.0 Å². The second kappa shape index (κ2) is 1.95. The van der Waals surface area contributed by atoms with E-state index in [1.54, 1.807) is 7.11 Å². The number of carbonyl (C=O) groups excluding carboxylic acids is 1. The Bertz CT molecular complexity index is 169. The van der Waals surface area contributed by atoms with Gasteiger partial charge in [0.25, 0.3) is 0 Å². The van der Waals surface area contributed by atoms with Crippen molar-refractivity contribution in [3.63, 3.8) is 0 Å². The SMILES string of the molecule is CO[C@H]1C[C@H]2C[C@@H]1NC2=O. The lowest BCUT2D eigenvalue weighted by molar-refractivity contribution is -0.125. The van der Waals surface area contributed by atoms with Gasteiger partial charge in [-0.15, -0.1) is 0 Å². The molecule has 0 spiro atoms. The largest absolute Gasteiger partial charge is 0.379 e. The molecule has 1 aliphatic carbocycles. The maximum Gasteiger partial charge on any atom is 0.223 e. The van der Waals surface area contributed by atoms with E-state index in [0.717, 1.165) is 12.8 Å². The first-order chi connectivity index (χ1) is 4.81. The van der Waals surface area contributed by atoms with Crippen LogP contribution in [0.1, 0.15) is 12.8 Å². The monoisotopic (exact) mass is 141 g/mol. The van der Waals surface area contributed by atoms with Gasteiger partial charge in [-0.1, -0.05) is 0 Å². The molecule has 56 valence electrons. The molecule has 1 aliphatic heterocycles. The Morgan fingerprint density at radius 2 is 2.40 bits per heavy atom. The molecule has 2 bridgehead atoms. The van der Waals surface area contributed by atoms with E-state index in [1.807, 2.05) is 0 Å². The zero-order valence-corrected chi connectivity index (χ0v) is 5.96. The molecule has 1 saturated heterocycles. The van der Waals surface area contributed by atoms with Crippen LogP contribution in [0.25, 0.3) is 0 Å². The number of hydrogen-bond acceptors (Lipinski definition) is 2. The minimum atomic E-state index is 0.221. The first kappa shape index (κ1) is 6.16. The average Bonchev–Trinajstić information content (AvgIpc) is 2.44. The lowest BCUT2D eigenvalue weighted by atomic mass is 10.1. The standard InChI is InChI=1S/C7H11NO2/c1-10-6-3-4-2-5(6)8-7(4)9/h4-6H,2-3H2,1H3,(H,8,9)/t4-,5+,6+/m1/s1. The predicted molar refractivity (Wildman–Crippen MR) is 35.5 cm³/mol. The number of carbonyl (C=O) groups is 1. The number of rotatable bonds is 1. The van der Waals surface area contributed by atoms with E-state index < -0.39 is 0 Å². The zero-order valence-electron chi connectivity index (χ0n) is 5.96. The number of fused-ring (bicyclic) bond motifs is 2. The highest BCUT2D eigenvalue weighted by atomic mass is 16.5. The number of amides is 1. The molecule has 1 N–H and O–H groups in total. The quantitative estimate of drug-likeness (QED) is 0.554. The predicted octanol–water partition coefficient (Wildman–Crippen LogP) is -0.0902. The van der Waals surface area contributed by atoms with Crippen LogP contribution >= 0.6 is 0 Å². The summed E-state index contributed by atoms with van der Waals surface area (Å²) in [5.41, 5.74) is 0. The Labute approximate surface area is 59.7 Å². The molecule has 1 saturated carbocycles. The number of ether oxygens (including phenoxy) is 1. The fourth-order valence-electron chi connectivity index (χ4n) is 1.93. The lowest BCUT2D eigenvalue weighted by Crippen LogP contribution is -2.41. The summed E-state index contributed by atoms with van der Waals surface area (Å²) in [6.07, 6.45) is 2.19. The molecule has 2 aliphatic rings. The summed E-state index contributed by atoms with van der Waals surface area (Å²) >= 11 is 0. The molecule has 3 heteroatoms. The van der Waals surface area contributed by atoms with Crippen molar-refractivity contribution in [1.29, 1.82) is 0 Å². The summed E-state index contributed by atoms with van der Waals surface area (Å²) < 4.78 is 5.18. The molecule has 2 fully saturated rings. The zero-order chi connectivity index (χ0) is 7.14. The van der Waals surface area contributed by atoms with Crippen LogP contribution in [0.3, 0.4) is 0 Å². The highest BCUT2D eigenvalue weighted by Crippen LogP contribution is 2.33. The van der Waals surface area contributed by atoms with Gasteiger partial charge in [-0.2, -0.15) is 0 Å². The maximum absolute atomic E-state index is 10.9. The lowest BCUT2D eigenvalue weighted by Gasteiger charge is -2.20. The van der Waals surface area contributed by atoms with Gasteiger partial charge in [-0.05, 0) is 12.8 Å². The van der Waals surface area contributed by atoms with Crippen molar-refractivity contribution in [3.05, 3.63) is 0 Å². The van der Waals surface area contributed by atoms with Crippen LogP contribution in [0.5, 0.6) is 0 Å². The van der Waals surface area contributed by atoms with Crippen LogP contribution in [0.15, 0.2) is 0 Å². The fourth-order valence-corrected chi connectivity index (χ4v) is 1.93. The van der Waals surface area contributed by atoms with E-state index in [4.69, 9.17) is 4.74 Å². The van der Waals surface area contributed by atoms with Gasteiger partial charge in [-0.25, -0.2) is 0 Å². The van der Waals surface area contributed by atoms with Crippen molar-refractivity contribution >= 4 is 5.91 Å². The number of piperidine rings is 1. The summed E-state index contributed by atoms with van der Waals surface area (Å²) in [5, 5.41) is 2.89. The number of methoxy groups -OCH3 is 1. The summed E-state index contributed by atoms with van der Waals surface area (Å²) in [6, 6.07) is 0.308. The molecule has 10 heavy (non-hydrogen) atoms. The molecular formula is C7H11NO2. The molecule has 0 aromatic rings. The average molecular weight is 141 g/mol. The van der Waals surface area contributed by atoms with E-state index in [9.17, 15) is 4.79 Å². The summed E-state index contributed by atoms with van der Waals surface area (Å²) in [5.74, 6) is 0.466. The van der Waals surface area contributed by atoms with Crippen LogP contribution in [-0.2, 0) is 9.53 Å². The molecule has 3 atom stereocenters. The van der Waals surface area contributed by atoms with E-state index in [2.05, 4.69) is 5.32 Å². The maximum atomic E-state index is 10.9. The van der Waals surface area contributed by atoms with Gasteiger partial charge in [-0.3, -0.25) is 4.79 Å². The van der Waals surface area contributed by atoms with Crippen LogP contribution in [0.4, 0.5) is 0 Å². The van der Waals surface area contributed by atoms with Crippen molar-refractivity contribution < 1.29 is 9.53 Å². The number of nitrogens with one attached hydrogen (secondary N) is 1. The van der Waals surface area contributed by atoms with Crippen molar-refractivity contribution in [2.24, 2.45) is 5.92 Å². The molecule has 3 nitrogen and oxygen atoms in total. The summed E-state index contributed by atoms with van der Waals surface area (Å²) in [7, 11) is 1.71. The molecule has 2 rings (SSSR count). The van der Waals surface area contributed by atoms with Crippen LogP contribution in [0, 0.1) is 5.92 Å². The van der Waals surface area contributed by atoms with Gasteiger partial charge < -0.3 is 10.1 Å². The fraction of sp³-hybridized carbons (Fsp3) is 0.857. The Morgan fingerprint density at radius 1 is 1.60 bits per heavy atom. The van der Waals surface area contributed by atoms with Crippen molar-refractivity contribution in [2.45, 2.75) is 25.0 Å². The van der Waals surface area contributed by atoms with E-state index in [1.165, 1.54) is 0 Å². The number of hydrogen-bond donors (Lipinski definition) is 1. The Morgan fingerprint density at radius 3 is 2.80 bits per heavy atom. The molecule has 0 radical (unpaired) electrons. The minimum absolute atomic E-state index is 0.221. The Hall–Kier alpha value is -0.570. The van der Waals surface area contributed by atoms with Gasteiger partial charge in [0.2, 0.25) is 5.91 Å². The smallest absolute Gasteiger partial charge is 0.223 e. The van der Waals surface area contributed by atoms with Crippen molar-refractivity contribution in [1.82, 2.24) is 5.32 Å². The van der Waals surface area contributed by atoms with Crippen molar-refractivity contribution in [2.75, 3.05) is 7.11 Å². The highest BCUT2D eigenvalue weighted by molar-refractivity contribution is 5.82. The summed E-state index contributed by atoms with van der Waals surface area (Å²) in [6.45, 7) is 0. The minimum Gasteiger partial charge on any atom is -0.379 e. The molecule has 0 unspecified atom stereocenters. The van der Waals surface area contributed by atoms with E-state index in [-0.39, 0.29) is 17.9 Å². The topological polar surface area (TPSA) is 38.3 Å². The molecular weight excluding hydrogens is 130 g/mol. The third kappa shape index (κ3) is 0.669.